The number of aromatic nitrogens is 1. The Morgan fingerprint density at radius 1 is 1.30 bits per heavy atom. The summed E-state index contributed by atoms with van der Waals surface area (Å²) in [6, 6.07) is 5.41. The molecule has 0 fully saturated rings. The van der Waals surface area contributed by atoms with Crippen LogP contribution >= 0.6 is 15.9 Å². The van der Waals surface area contributed by atoms with Gasteiger partial charge in [-0.1, -0.05) is 0 Å². The zero-order valence-corrected chi connectivity index (χ0v) is 14.5. The van der Waals surface area contributed by atoms with Crippen molar-refractivity contribution in [3.8, 4) is 11.5 Å². The van der Waals surface area contributed by atoms with E-state index in [2.05, 4.69) is 26.2 Å². The average molecular weight is 382 g/mol. The predicted molar refractivity (Wildman–Crippen MR) is 90.2 cm³/mol. The molecule has 2 rings (SSSR count). The first kappa shape index (κ1) is 17.0. The number of anilines is 1. The summed E-state index contributed by atoms with van der Waals surface area (Å²) in [6.45, 7) is 2.17. The molecule has 1 aromatic carbocycles. The van der Waals surface area contributed by atoms with E-state index in [1.165, 1.54) is 6.20 Å². The van der Waals surface area contributed by atoms with Crippen LogP contribution in [0.2, 0.25) is 0 Å². The minimum atomic E-state index is -0.447. The molecule has 1 N–H and O–H groups in total. The molecule has 0 unspecified atom stereocenters. The quantitative estimate of drug-likeness (QED) is 0.606. The molecule has 0 spiro atoms. The van der Waals surface area contributed by atoms with E-state index in [4.69, 9.17) is 9.47 Å². The summed E-state index contributed by atoms with van der Waals surface area (Å²) in [5.41, 5.74) is 1.51. The molecule has 8 heteroatoms. The number of rotatable bonds is 6. The molecule has 1 heterocycles. The van der Waals surface area contributed by atoms with Crippen molar-refractivity contribution in [3.05, 3.63) is 50.1 Å². The van der Waals surface area contributed by atoms with Gasteiger partial charge in [-0.15, -0.1) is 0 Å². The van der Waals surface area contributed by atoms with Gasteiger partial charge in [-0.2, -0.15) is 0 Å². The molecule has 0 saturated heterocycles. The van der Waals surface area contributed by atoms with Gasteiger partial charge in [0.05, 0.1) is 23.6 Å². The van der Waals surface area contributed by atoms with Crippen molar-refractivity contribution in [1.29, 1.82) is 0 Å². The molecular formula is C15H16BrN3O4. The zero-order chi connectivity index (χ0) is 17.0. The topological polar surface area (TPSA) is 86.5 Å². The summed E-state index contributed by atoms with van der Waals surface area (Å²) in [4.78, 5) is 14.4. The Morgan fingerprint density at radius 2 is 2.04 bits per heavy atom. The summed E-state index contributed by atoms with van der Waals surface area (Å²) in [5.74, 6) is 1.81. The highest BCUT2D eigenvalue weighted by molar-refractivity contribution is 9.10. The van der Waals surface area contributed by atoms with Crippen LogP contribution in [0.5, 0.6) is 11.5 Å². The first-order valence-corrected chi connectivity index (χ1v) is 7.51. The number of hydrogen-bond donors (Lipinski definition) is 1. The lowest BCUT2D eigenvalue weighted by molar-refractivity contribution is -0.385. The van der Waals surface area contributed by atoms with Crippen molar-refractivity contribution in [3.63, 3.8) is 0 Å². The fourth-order valence-corrected chi connectivity index (χ4v) is 2.75. The molecule has 2 aromatic rings. The van der Waals surface area contributed by atoms with Crippen LogP contribution < -0.4 is 14.8 Å². The standard InChI is InChI=1S/C15H16BrN3O4/c1-9-4-14(18-8-12(9)19(20)21)17-7-10-5-11(16)15(23-3)13(6-10)22-2/h4-6,8H,7H2,1-3H3,(H,17,18). The van der Waals surface area contributed by atoms with Gasteiger partial charge in [0, 0.05) is 12.1 Å². The van der Waals surface area contributed by atoms with Crippen molar-refractivity contribution in [2.24, 2.45) is 0 Å². The van der Waals surface area contributed by atoms with E-state index in [9.17, 15) is 10.1 Å². The lowest BCUT2D eigenvalue weighted by Gasteiger charge is -2.13. The van der Waals surface area contributed by atoms with Crippen molar-refractivity contribution < 1.29 is 14.4 Å². The van der Waals surface area contributed by atoms with Crippen LogP contribution in [-0.2, 0) is 6.54 Å². The number of pyridine rings is 1. The maximum atomic E-state index is 10.8. The van der Waals surface area contributed by atoms with Crippen LogP contribution in [0.25, 0.3) is 0 Å². The Bertz CT molecular complexity index is 737. The molecule has 0 aliphatic rings. The van der Waals surface area contributed by atoms with Gasteiger partial charge in [-0.25, -0.2) is 4.98 Å². The molecule has 0 atom stereocenters. The number of hydrogen-bond acceptors (Lipinski definition) is 6. The molecular weight excluding hydrogens is 366 g/mol. The van der Waals surface area contributed by atoms with Crippen LogP contribution in [0.1, 0.15) is 11.1 Å². The lowest BCUT2D eigenvalue weighted by Crippen LogP contribution is -2.04. The van der Waals surface area contributed by atoms with Gasteiger partial charge < -0.3 is 14.8 Å². The maximum Gasteiger partial charge on any atom is 0.290 e. The summed E-state index contributed by atoms with van der Waals surface area (Å²) in [6.07, 6.45) is 1.25. The third kappa shape index (κ3) is 3.89. The second kappa shape index (κ2) is 7.28. The van der Waals surface area contributed by atoms with Gasteiger partial charge in [-0.05, 0) is 46.6 Å². The summed E-state index contributed by atoms with van der Waals surface area (Å²) >= 11 is 3.44. The van der Waals surface area contributed by atoms with E-state index in [0.717, 1.165) is 10.0 Å². The number of ether oxygens (including phenoxy) is 2. The fraction of sp³-hybridized carbons (Fsp3) is 0.267. The lowest BCUT2D eigenvalue weighted by atomic mass is 10.2. The van der Waals surface area contributed by atoms with Crippen LogP contribution in [0, 0.1) is 17.0 Å². The van der Waals surface area contributed by atoms with E-state index in [1.54, 1.807) is 27.2 Å². The number of nitrogens with zero attached hydrogens (tertiary/aromatic N) is 2. The van der Waals surface area contributed by atoms with Crippen LogP contribution in [0.15, 0.2) is 28.9 Å². The van der Waals surface area contributed by atoms with Gasteiger partial charge in [0.1, 0.15) is 12.0 Å². The van der Waals surface area contributed by atoms with Crippen LogP contribution in [0.3, 0.4) is 0 Å². The Balaban J connectivity index is 2.16. The van der Waals surface area contributed by atoms with Crippen LogP contribution in [0.4, 0.5) is 11.5 Å². The molecule has 1 aromatic heterocycles. The molecule has 0 aliphatic heterocycles. The molecule has 0 bridgehead atoms. The monoisotopic (exact) mass is 381 g/mol. The normalized spacial score (nSPS) is 10.3. The Hall–Kier alpha value is -2.35. The van der Waals surface area contributed by atoms with Crippen LogP contribution in [-0.4, -0.2) is 24.1 Å². The highest BCUT2D eigenvalue weighted by Crippen LogP contribution is 2.36. The minimum Gasteiger partial charge on any atom is -0.493 e. The van der Waals surface area contributed by atoms with E-state index >= 15 is 0 Å². The molecule has 0 aliphatic carbocycles. The van der Waals surface area contributed by atoms with E-state index in [0.29, 0.717) is 29.4 Å². The summed E-state index contributed by atoms with van der Waals surface area (Å²) < 4.78 is 11.3. The van der Waals surface area contributed by atoms with E-state index in [-0.39, 0.29) is 5.69 Å². The predicted octanol–water partition coefficient (Wildman–Crippen LogP) is 3.69. The second-order valence-corrected chi connectivity index (χ2v) is 5.63. The number of nitrogens with one attached hydrogen (secondary N) is 1. The third-order valence-electron chi connectivity index (χ3n) is 3.25. The van der Waals surface area contributed by atoms with Gasteiger partial charge in [-0.3, -0.25) is 10.1 Å². The van der Waals surface area contributed by atoms with Gasteiger partial charge in [0.25, 0.3) is 5.69 Å². The summed E-state index contributed by atoms with van der Waals surface area (Å²) in [7, 11) is 3.15. The second-order valence-electron chi connectivity index (χ2n) is 4.78. The van der Waals surface area contributed by atoms with Crippen molar-refractivity contribution in [1.82, 2.24) is 4.98 Å². The molecule has 0 radical (unpaired) electrons. The largest absolute Gasteiger partial charge is 0.493 e. The smallest absolute Gasteiger partial charge is 0.290 e. The van der Waals surface area contributed by atoms with Crippen molar-refractivity contribution >= 4 is 27.4 Å². The van der Waals surface area contributed by atoms with E-state index in [1.807, 2.05) is 12.1 Å². The third-order valence-corrected chi connectivity index (χ3v) is 3.84. The van der Waals surface area contributed by atoms with Gasteiger partial charge in [0.15, 0.2) is 11.5 Å². The molecule has 23 heavy (non-hydrogen) atoms. The Kier molecular flexibility index (Phi) is 5.38. The van der Waals surface area contributed by atoms with Crippen molar-refractivity contribution in [2.45, 2.75) is 13.5 Å². The van der Waals surface area contributed by atoms with Crippen molar-refractivity contribution in [2.75, 3.05) is 19.5 Å². The zero-order valence-electron chi connectivity index (χ0n) is 12.9. The number of methoxy groups -OCH3 is 2. The molecule has 7 nitrogen and oxygen atoms in total. The Morgan fingerprint density at radius 3 is 2.61 bits per heavy atom. The number of benzene rings is 1. The summed E-state index contributed by atoms with van der Waals surface area (Å²) in [5, 5.41) is 13.9. The SMILES string of the molecule is COc1cc(CNc2cc(C)c([N+](=O)[O-])cn2)cc(Br)c1OC. The average Bonchev–Trinajstić information content (AvgIpc) is 2.51. The number of aryl methyl sites for hydroxylation is 1. The Labute approximate surface area is 141 Å². The highest BCUT2D eigenvalue weighted by atomic mass is 79.9. The number of halogens is 1. The molecule has 0 amide bonds. The van der Waals surface area contributed by atoms with E-state index < -0.39 is 4.92 Å². The van der Waals surface area contributed by atoms with Gasteiger partial charge in [0.2, 0.25) is 0 Å². The first-order chi connectivity index (χ1) is 11.0. The first-order valence-electron chi connectivity index (χ1n) is 6.71. The molecule has 0 saturated carbocycles. The highest BCUT2D eigenvalue weighted by Gasteiger charge is 2.13. The maximum absolute atomic E-state index is 10.8. The fourth-order valence-electron chi connectivity index (χ4n) is 2.10. The minimum absolute atomic E-state index is 0.00408. The molecule has 122 valence electrons. The number of nitro groups is 1. The van der Waals surface area contributed by atoms with Gasteiger partial charge >= 0.3 is 0 Å².